The molecule has 3 heterocycles. The molecule has 1 atom stereocenters. The Labute approximate surface area is 217 Å². The van der Waals surface area contributed by atoms with E-state index in [0.717, 1.165) is 57.0 Å². The quantitative estimate of drug-likeness (QED) is 0.153. The molecule has 2 aromatic heterocycles. The van der Waals surface area contributed by atoms with Gasteiger partial charge in [-0.1, -0.05) is 11.6 Å². The van der Waals surface area contributed by atoms with Gasteiger partial charge in [-0.05, 0) is 81.0 Å². The summed E-state index contributed by atoms with van der Waals surface area (Å²) in [6.45, 7) is 12.2. The predicted molar refractivity (Wildman–Crippen MR) is 145 cm³/mol. The minimum absolute atomic E-state index is 0.0869. The third-order valence-corrected chi connectivity index (χ3v) is 7.59. The summed E-state index contributed by atoms with van der Waals surface area (Å²) in [7, 11) is 0. The first-order valence-electron chi connectivity index (χ1n) is 12.3. The maximum atomic E-state index is 12.7. The Morgan fingerprint density at radius 1 is 1.37 bits per heavy atom. The Balaban J connectivity index is 1.51. The summed E-state index contributed by atoms with van der Waals surface area (Å²) in [6.07, 6.45) is 2.97. The molecule has 0 bridgehead atoms. The lowest BCUT2D eigenvalue weighted by Crippen LogP contribution is -2.52. The second kappa shape index (κ2) is 13.1. The van der Waals surface area contributed by atoms with E-state index in [4.69, 9.17) is 17.4 Å². The van der Waals surface area contributed by atoms with Gasteiger partial charge in [0.1, 0.15) is 5.15 Å². The van der Waals surface area contributed by atoms with Crippen molar-refractivity contribution in [2.45, 2.75) is 65.6 Å². The predicted octanol–water partition coefficient (Wildman–Crippen LogP) is 3.73. The number of piperidine rings is 1. The average molecular weight is 520 g/mol. The highest BCUT2D eigenvalue weighted by molar-refractivity contribution is 7.07. The third kappa shape index (κ3) is 7.32. The molecule has 1 fully saturated rings. The number of carbonyl (C=O) groups is 1. The van der Waals surface area contributed by atoms with Crippen LogP contribution in [0.25, 0.3) is 0 Å². The highest BCUT2D eigenvalue weighted by atomic mass is 35.5. The number of halogens is 1. The van der Waals surface area contributed by atoms with Gasteiger partial charge in [0.05, 0.1) is 11.3 Å². The number of hydrogen-bond acceptors (Lipinski definition) is 6. The molecule has 1 amide bonds. The van der Waals surface area contributed by atoms with Crippen LogP contribution in [0.4, 0.5) is 0 Å². The Kier molecular flexibility index (Phi) is 10.2. The van der Waals surface area contributed by atoms with Crippen molar-refractivity contribution in [3.8, 4) is 0 Å². The van der Waals surface area contributed by atoms with Crippen LogP contribution in [0, 0.1) is 13.8 Å². The van der Waals surface area contributed by atoms with Gasteiger partial charge in [0.15, 0.2) is 0 Å². The molecular weight excluding hydrogens is 482 g/mol. The molecule has 0 unspecified atom stereocenters. The molecule has 0 saturated carbocycles. The minimum Gasteiger partial charge on any atom is -0.355 e. The SMILES string of the molecule is CCN/C(=N\N)N(Cc1ccsc1)C1CCN([C@H](C)CCNC(=O)c2c(C)cc(Cl)nc2C)CC1. The summed E-state index contributed by atoms with van der Waals surface area (Å²) in [5, 5.41) is 15.2. The molecule has 35 heavy (non-hydrogen) atoms. The van der Waals surface area contributed by atoms with Crippen LogP contribution in [0.1, 0.15) is 60.3 Å². The average Bonchev–Trinajstić information content (AvgIpc) is 3.34. The second-order valence-electron chi connectivity index (χ2n) is 9.13. The molecule has 1 aliphatic heterocycles. The van der Waals surface area contributed by atoms with E-state index in [2.05, 4.69) is 61.2 Å². The van der Waals surface area contributed by atoms with Crippen molar-refractivity contribution < 1.29 is 4.79 Å². The van der Waals surface area contributed by atoms with Crippen LogP contribution in [0.15, 0.2) is 28.0 Å². The second-order valence-corrected chi connectivity index (χ2v) is 10.3. The van der Waals surface area contributed by atoms with Crippen LogP contribution >= 0.6 is 22.9 Å². The minimum atomic E-state index is -0.0869. The Bertz CT molecular complexity index is 967. The summed E-state index contributed by atoms with van der Waals surface area (Å²) >= 11 is 7.71. The number of guanidine groups is 1. The fraction of sp³-hybridized carbons (Fsp3) is 0.560. The first-order chi connectivity index (χ1) is 16.8. The number of nitrogens with zero attached hydrogens (tertiary/aromatic N) is 4. The van der Waals surface area contributed by atoms with Gasteiger partial charge in [0, 0.05) is 44.8 Å². The molecule has 0 aliphatic carbocycles. The maximum Gasteiger partial charge on any atom is 0.253 e. The van der Waals surface area contributed by atoms with Crippen LogP contribution in [-0.2, 0) is 6.54 Å². The van der Waals surface area contributed by atoms with Crippen LogP contribution in [0.5, 0.6) is 0 Å². The molecule has 0 spiro atoms. The fourth-order valence-corrected chi connectivity index (χ4v) is 5.72. The normalized spacial score (nSPS) is 16.2. The first-order valence-corrected chi connectivity index (χ1v) is 13.6. The Hall–Kier alpha value is -2.36. The van der Waals surface area contributed by atoms with Crippen molar-refractivity contribution in [2.75, 3.05) is 26.2 Å². The fourth-order valence-electron chi connectivity index (χ4n) is 4.77. The number of nitrogens with one attached hydrogen (secondary N) is 2. The monoisotopic (exact) mass is 519 g/mol. The van der Waals surface area contributed by atoms with E-state index in [0.29, 0.717) is 35.0 Å². The lowest BCUT2D eigenvalue weighted by molar-refractivity contribution is 0.0934. The number of amides is 1. The first kappa shape index (κ1) is 27.2. The van der Waals surface area contributed by atoms with Gasteiger partial charge in [-0.3, -0.25) is 4.79 Å². The molecular formula is C25H38ClN7OS. The van der Waals surface area contributed by atoms with E-state index in [-0.39, 0.29) is 5.91 Å². The number of aryl methyl sites for hydroxylation is 2. The molecule has 1 saturated heterocycles. The number of rotatable bonds is 9. The van der Waals surface area contributed by atoms with Gasteiger partial charge in [-0.2, -0.15) is 11.3 Å². The van der Waals surface area contributed by atoms with Gasteiger partial charge in [-0.25, -0.2) is 4.98 Å². The summed E-state index contributed by atoms with van der Waals surface area (Å²) in [6, 6.07) is 4.65. The summed E-state index contributed by atoms with van der Waals surface area (Å²) in [5.74, 6) is 6.42. The smallest absolute Gasteiger partial charge is 0.253 e. The van der Waals surface area contributed by atoms with Gasteiger partial charge in [0.25, 0.3) is 5.91 Å². The van der Waals surface area contributed by atoms with E-state index in [9.17, 15) is 4.79 Å². The van der Waals surface area contributed by atoms with Gasteiger partial charge in [-0.15, -0.1) is 5.10 Å². The van der Waals surface area contributed by atoms with Crippen LogP contribution in [-0.4, -0.2) is 64.9 Å². The molecule has 1 aliphatic rings. The van der Waals surface area contributed by atoms with Gasteiger partial charge >= 0.3 is 0 Å². The molecule has 2 aromatic rings. The Morgan fingerprint density at radius 3 is 2.71 bits per heavy atom. The number of pyridine rings is 1. The zero-order valence-electron chi connectivity index (χ0n) is 21.2. The van der Waals surface area contributed by atoms with E-state index in [1.807, 2.05) is 13.8 Å². The number of hydrogen-bond donors (Lipinski definition) is 3. The molecule has 0 radical (unpaired) electrons. The topological polar surface area (TPSA) is 98.9 Å². The number of likely N-dealkylation sites (tertiary alicyclic amines) is 1. The van der Waals surface area contributed by atoms with Gasteiger partial charge in [0.2, 0.25) is 5.96 Å². The number of aromatic nitrogens is 1. The summed E-state index contributed by atoms with van der Waals surface area (Å²) < 4.78 is 0. The van der Waals surface area contributed by atoms with E-state index in [1.165, 1.54) is 5.56 Å². The van der Waals surface area contributed by atoms with Crippen LogP contribution in [0.3, 0.4) is 0 Å². The zero-order chi connectivity index (χ0) is 25.4. The number of nitrogens with two attached hydrogens (primary N) is 1. The highest BCUT2D eigenvalue weighted by Crippen LogP contribution is 2.22. The summed E-state index contributed by atoms with van der Waals surface area (Å²) in [4.78, 5) is 21.8. The molecule has 8 nitrogen and oxygen atoms in total. The molecule has 10 heteroatoms. The Morgan fingerprint density at radius 2 is 2.11 bits per heavy atom. The van der Waals surface area contributed by atoms with Crippen molar-refractivity contribution in [1.29, 1.82) is 0 Å². The number of thiophene rings is 1. The maximum absolute atomic E-state index is 12.7. The van der Waals surface area contributed by atoms with Crippen molar-refractivity contribution in [3.05, 3.63) is 50.4 Å². The van der Waals surface area contributed by atoms with E-state index < -0.39 is 0 Å². The lowest BCUT2D eigenvalue weighted by Gasteiger charge is -2.41. The number of carbonyl (C=O) groups excluding carboxylic acids is 1. The van der Waals surface area contributed by atoms with Crippen LogP contribution < -0.4 is 16.5 Å². The van der Waals surface area contributed by atoms with Crippen molar-refractivity contribution in [2.24, 2.45) is 10.9 Å². The standard InChI is InChI=1S/C25H38ClN7OS/c1-5-28-25(31-27)33(15-20-9-13-35-16-20)21-7-11-32(12-8-21)18(3)6-10-29-24(34)23-17(2)14-22(26)30-19(23)4/h9,13-14,16,18,21H,5-8,10-12,15,27H2,1-4H3,(H,28,31)(H,29,34)/t18-/m1/s1. The molecule has 3 rings (SSSR count). The van der Waals surface area contributed by atoms with Crippen molar-refractivity contribution in [1.82, 2.24) is 25.4 Å². The molecule has 4 N–H and O–H groups in total. The third-order valence-electron chi connectivity index (χ3n) is 6.67. The van der Waals surface area contributed by atoms with Crippen LogP contribution in [0.2, 0.25) is 5.15 Å². The van der Waals surface area contributed by atoms with Crippen molar-refractivity contribution in [3.63, 3.8) is 0 Å². The molecule has 0 aromatic carbocycles. The largest absolute Gasteiger partial charge is 0.355 e. The van der Waals surface area contributed by atoms with E-state index >= 15 is 0 Å². The molecule has 192 valence electrons. The zero-order valence-corrected chi connectivity index (χ0v) is 22.8. The van der Waals surface area contributed by atoms with E-state index in [1.54, 1.807) is 17.4 Å². The summed E-state index contributed by atoms with van der Waals surface area (Å²) in [5.41, 5.74) is 3.40. The van der Waals surface area contributed by atoms with Crippen molar-refractivity contribution >= 4 is 34.8 Å². The van der Waals surface area contributed by atoms with Gasteiger partial charge < -0.3 is 26.3 Å². The highest BCUT2D eigenvalue weighted by Gasteiger charge is 2.29. The lowest BCUT2D eigenvalue weighted by atomic mass is 10.0. The number of hydrazone groups is 1.